The lowest BCUT2D eigenvalue weighted by atomic mass is 10.2. The number of hydrogen-bond donors (Lipinski definition) is 1. The van der Waals surface area contributed by atoms with Gasteiger partial charge in [-0.2, -0.15) is 4.98 Å². The lowest BCUT2D eigenvalue weighted by molar-refractivity contribution is -0.122. The number of halogens is 1. The molecule has 3 aromatic rings. The number of carbonyl (C=O) groups is 3. The van der Waals surface area contributed by atoms with E-state index in [1.54, 1.807) is 25.1 Å². The number of benzene rings is 2. The molecule has 3 amide bonds. The van der Waals surface area contributed by atoms with E-state index in [1.165, 1.54) is 36.0 Å². The van der Waals surface area contributed by atoms with Crippen molar-refractivity contribution in [1.29, 1.82) is 0 Å². The molecule has 8 nitrogen and oxygen atoms in total. The molecule has 4 rings (SSSR count). The third-order valence-electron chi connectivity index (χ3n) is 4.71. The van der Waals surface area contributed by atoms with Gasteiger partial charge in [-0.15, -0.1) is 11.8 Å². The van der Waals surface area contributed by atoms with Crippen molar-refractivity contribution in [3.05, 3.63) is 82.1 Å². The summed E-state index contributed by atoms with van der Waals surface area (Å²) < 4.78 is 18.2. The van der Waals surface area contributed by atoms with Crippen molar-refractivity contribution in [3.8, 4) is 0 Å². The molecule has 2 heterocycles. The summed E-state index contributed by atoms with van der Waals surface area (Å²) in [6.07, 6.45) is 1.54. The number of thioether (sulfide) groups is 2. The minimum atomic E-state index is -0.445. The smallest absolute Gasteiger partial charge is 0.293 e. The van der Waals surface area contributed by atoms with E-state index in [4.69, 9.17) is 4.52 Å². The number of amides is 3. The minimum Gasteiger partial charge on any atom is -0.350 e. The molecule has 0 radical (unpaired) electrons. The molecule has 11 heteroatoms. The zero-order valence-corrected chi connectivity index (χ0v) is 19.6. The fourth-order valence-corrected chi connectivity index (χ4v) is 4.85. The van der Waals surface area contributed by atoms with Gasteiger partial charge in [0.25, 0.3) is 17.1 Å². The summed E-state index contributed by atoms with van der Waals surface area (Å²) in [7, 11) is 0. The van der Waals surface area contributed by atoms with Crippen molar-refractivity contribution in [2.24, 2.45) is 0 Å². The molecule has 1 saturated heterocycles. The van der Waals surface area contributed by atoms with E-state index in [0.29, 0.717) is 28.6 Å². The van der Waals surface area contributed by atoms with Gasteiger partial charge >= 0.3 is 0 Å². The molecule has 0 atom stereocenters. The summed E-state index contributed by atoms with van der Waals surface area (Å²) in [6.45, 7) is 1.87. The molecule has 0 aliphatic carbocycles. The molecule has 174 valence electrons. The van der Waals surface area contributed by atoms with Crippen LogP contribution in [0.2, 0.25) is 0 Å². The number of rotatable bonds is 8. The molecular weight excluding hydrogens is 479 g/mol. The third kappa shape index (κ3) is 5.72. The summed E-state index contributed by atoms with van der Waals surface area (Å²) in [6, 6.07) is 12.7. The van der Waals surface area contributed by atoms with E-state index in [-0.39, 0.29) is 29.7 Å². The van der Waals surface area contributed by atoms with Gasteiger partial charge in [-0.05, 0) is 54.6 Å². The quantitative estimate of drug-likeness (QED) is 0.363. The van der Waals surface area contributed by atoms with Crippen molar-refractivity contribution in [1.82, 2.24) is 20.4 Å². The maximum Gasteiger partial charge on any atom is 0.293 e. The van der Waals surface area contributed by atoms with Crippen LogP contribution in [-0.4, -0.2) is 45.2 Å². The first-order chi connectivity index (χ1) is 16.4. The average molecular weight is 499 g/mol. The molecule has 1 N–H and O–H groups in total. The Morgan fingerprint density at radius 2 is 1.97 bits per heavy atom. The second kappa shape index (κ2) is 10.7. The van der Waals surface area contributed by atoms with E-state index < -0.39 is 11.1 Å². The van der Waals surface area contributed by atoms with Crippen LogP contribution < -0.4 is 5.32 Å². The monoisotopic (exact) mass is 498 g/mol. The van der Waals surface area contributed by atoms with Crippen LogP contribution in [0.25, 0.3) is 6.08 Å². The number of aromatic nitrogens is 2. The normalized spacial score (nSPS) is 14.8. The van der Waals surface area contributed by atoms with Gasteiger partial charge in [-0.1, -0.05) is 29.4 Å². The van der Waals surface area contributed by atoms with Gasteiger partial charge in [-0.3, -0.25) is 19.3 Å². The van der Waals surface area contributed by atoms with Crippen molar-refractivity contribution >= 4 is 46.7 Å². The first-order valence-electron chi connectivity index (χ1n) is 10.2. The highest BCUT2D eigenvalue weighted by atomic mass is 32.2. The lowest BCUT2D eigenvalue weighted by Crippen LogP contribution is -2.37. The molecule has 34 heavy (non-hydrogen) atoms. The molecule has 0 unspecified atom stereocenters. The van der Waals surface area contributed by atoms with Crippen molar-refractivity contribution in [2.75, 3.05) is 13.1 Å². The van der Waals surface area contributed by atoms with E-state index in [1.807, 2.05) is 12.1 Å². The van der Waals surface area contributed by atoms with Gasteiger partial charge in [0.2, 0.25) is 5.89 Å². The third-order valence-corrected chi connectivity index (χ3v) is 6.68. The second-order valence-electron chi connectivity index (χ2n) is 7.16. The Labute approximate surface area is 203 Å². The summed E-state index contributed by atoms with van der Waals surface area (Å²) in [5.74, 6) is 0.276. The fraction of sp³-hybridized carbons (Fsp3) is 0.174. The van der Waals surface area contributed by atoms with E-state index in [2.05, 4.69) is 15.5 Å². The molecule has 0 bridgehead atoms. The Morgan fingerprint density at radius 1 is 1.21 bits per heavy atom. The number of nitrogens with zero attached hydrogens (tertiary/aromatic N) is 3. The van der Waals surface area contributed by atoms with Crippen LogP contribution in [0, 0.1) is 12.7 Å². The molecule has 1 aromatic heterocycles. The maximum absolute atomic E-state index is 13.1. The highest BCUT2D eigenvalue weighted by Crippen LogP contribution is 2.32. The number of imide groups is 1. The topological polar surface area (TPSA) is 105 Å². The molecular formula is C23H19FN4O4S2. The van der Waals surface area contributed by atoms with Gasteiger partial charge in [-0.25, -0.2) is 4.39 Å². The number of nitrogens with one attached hydrogen (secondary N) is 1. The minimum absolute atomic E-state index is 0.0355. The highest BCUT2D eigenvalue weighted by molar-refractivity contribution is 8.18. The van der Waals surface area contributed by atoms with Crippen LogP contribution in [0.3, 0.4) is 0 Å². The first-order valence-corrected chi connectivity index (χ1v) is 12.0. The molecule has 0 saturated carbocycles. The standard InChI is InChI=1S/C23H19FN4O4S2/c1-14-26-20(32-27-14)13-33-18-5-3-2-4-17(18)21(29)25-10-11-28-22(30)19(34-23(28)31)12-15-6-8-16(24)9-7-15/h2-9,12H,10-11,13H2,1H3,(H,25,29)/b19-12-. The Bertz CT molecular complexity index is 1260. The summed E-state index contributed by atoms with van der Waals surface area (Å²) >= 11 is 2.21. The zero-order chi connectivity index (χ0) is 24.1. The fourth-order valence-electron chi connectivity index (χ4n) is 3.10. The van der Waals surface area contributed by atoms with Gasteiger partial charge in [0.15, 0.2) is 5.82 Å². The predicted octanol–water partition coefficient (Wildman–Crippen LogP) is 4.28. The van der Waals surface area contributed by atoms with Crippen LogP contribution in [-0.2, 0) is 10.5 Å². The van der Waals surface area contributed by atoms with E-state index in [0.717, 1.165) is 21.6 Å². The summed E-state index contributed by atoms with van der Waals surface area (Å²) in [5.41, 5.74) is 1.08. The number of aryl methyl sites for hydroxylation is 1. The Kier molecular flexibility index (Phi) is 7.43. The van der Waals surface area contributed by atoms with Crippen molar-refractivity contribution in [3.63, 3.8) is 0 Å². The van der Waals surface area contributed by atoms with Crippen molar-refractivity contribution in [2.45, 2.75) is 17.6 Å². The summed E-state index contributed by atoms with van der Waals surface area (Å²) in [5, 5.41) is 6.09. The summed E-state index contributed by atoms with van der Waals surface area (Å²) in [4.78, 5) is 43.9. The SMILES string of the molecule is Cc1noc(CSc2ccccc2C(=O)NCCN2C(=O)S/C(=C\c3ccc(F)cc3)C2=O)n1. The Morgan fingerprint density at radius 3 is 2.71 bits per heavy atom. The van der Waals surface area contributed by atoms with Gasteiger partial charge < -0.3 is 9.84 Å². The van der Waals surface area contributed by atoms with Crippen LogP contribution in [0.4, 0.5) is 9.18 Å². The van der Waals surface area contributed by atoms with Gasteiger partial charge in [0.1, 0.15) is 5.82 Å². The highest BCUT2D eigenvalue weighted by Gasteiger charge is 2.34. The van der Waals surface area contributed by atoms with Crippen LogP contribution in [0.1, 0.15) is 27.6 Å². The average Bonchev–Trinajstić information content (AvgIpc) is 3.36. The predicted molar refractivity (Wildman–Crippen MR) is 126 cm³/mol. The molecule has 1 aliphatic heterocycles. The van der Waals surface area contributed by atoms with Crippen LogP contribution in [0.15, 0.2) is 62.9 Å². The molecule has 2 aromatic carbocycles. The van der Waals surface area contributed by atoms with Gasteiger partial charge in [0, 0.05) is 18.0 Å². The lowest BCUT2D eigenvalue weighted by Gasteiger charge is -2.14. The van der Waals surface area contributed by atoms with E-state index >= 15 is 0 Å². The number of carbonyl (C=O) groups excluding carboxylic acids is 3. The van der Waals surface area contributed by atoms with Crippen LogP contribution in [0.5, 0.6) is 0 Å². The maximum atomic E-state index is 13.1. The Balaban J connectivity index is 1.33. The van der Waals surface area contributed by atoms with Crippen molar-refractivity contribution < 1.29 is 23.3 Å². The van der Waals surface area contributed by atoms with Gasteiger partial charge in [0.05, 0.1) is 16.2 Å². The van der Waals surface area contributed by atoms with E-state index in [9.17, 15) is 18.8 Å². The number of hydrogen-bond acceptors (Lipinski definition) is 8. The second-order valence-corrected chi connectivity index (χ2v) is 9.17. The Hall–Kier alpha value is -3.44. The molecule has 1 fully saturated rings. The molecule has 1 aliphatic rings. The largest absolute Gasteiger partial charge is 0.350 e. The first kappa shape index (κ1) is 23.7. The molecule has 0 spiro atoms. The van der Waals surface area contributed by atoms with Crippen LogP contribution >= 0.6 is 23.5 Å². The zero-order valence-electron chi connectivity index (χ0n) is 18.0.